The summed E-state index contributed by atoms with van der Waals surface area (Å²) >= 11 is 0.814. The Morgan fingerprint density at radius 1 is 1.05 bits per heavy atom. The van der Waals surface area contributed by atoms with Crippen molar-refractivity contribution in [2.24, 2.45) is 0 Å². The molecule has 0 radical (unpaired) electrons. The molecule has 6 rings (SSSR count). The summed E-state index contributed by atoms with van der Waals surface area (Å²) in [4.78, 5) is 32.8. The van der Waals surface area contributed by atoms with Crippen molar-refractivity contribution in [1.82, 2.24) is 9.97 Å². The van der Waals surface area contributed by atoms with Crippen molar-refractivity contribution in [3.05, 3.63) is 86.9 Å². The molecule has 192 valence electrons. The minimum absolute atomic E-state index is 0.00625. The number of para-hydroxylation sites is 2. The number of hydrogen-bond donors (Lipinski definition) is 5. The van der Waals surface area contributed by atoms with Crippen LogP contribution in [0.1, 0.15) is 61.8 Å². The highest BCUT2D eigenvalue weighted by molar-refractivity contribution is 7.17. The molecular formula is C30H26N2O5S. The van der Waals surface area contributed by atoms with Crippen LogP contribution < -0.4 is 0 Å². The summed E-state index contributed by atoms with van der Waals surface area (Å²) in [7, 11) is 0. The number of thiophene rings is 1. The van der Waals surface area contributed by atoms with Crippen molar-refractivity contribution in [2.45, 2.75) is 32.1 Å². The topological polar surface area (TPSA) is 126 Å². The minimum atomic E-state index is -1.18. The van der Waals surface area contributed by atoms with E-state index >= 15 is 0 Å². The SMILES string of the molecule is CC(=CCc1cccc2c(C(=O)c3sc(C(=O)O)c(-c4c(C5CC5)[nH]c5ccccc45)c3O)c[nH]c12)CO. The molecule has 1 aliphatic rings. The number of aliphatic hydroxyl groups excluding tert-OH is 1. The van der Waals surface area contributed by atoms with Crippen LogP contribution >= 0.6 is 11.3 Å². The van der Waals surface area contributed by atoms with Gasteiger partial charge in [-0.05, 0) is 43.7 Å². The standard InChI is InChI=1S/C30H26N2O5S/c1-15(14-33)9-10-16-5-4-7-18-20(13-31-24(16)18)26(34)29-27(35)23(28(38-29)30(36)37)22-19-6-2-3-8-21(19)32-25(22)17-11-12-17/h2-9,13,17,31-33,35H,10-12,14H2,1H3,(H,36,37). The predicted octanol–water partition coefficient (Wildman–Crippen LogP) is 6.37. The number of aromatic nitrogens is 2. The Labute approximate surface area is 222 Å². The first kappa shape index (κ1) is 24.2. The van der Waals surface area contributed by atoms with Crippen LogP contribution in [0.3, 0.4) is 0 Å². The number of ketones is 1. The maximum absolute atomic E-state index is 13.8. The molecule has 0 unspecified atom stereocenters. The van der Waals surface area contributed by atoms with Crippen LogP contribution in [0.25, 0.3) is 32.9 Å². The number of carbonyl (C=O) groups excluding carboxylic acids is 1. The number of fused-ring (bicyclic) bond motifs is 2. The number of carboxylic acid groups (broad SMARTS) is 1. The number of benzene rings is 2. The van der Waals surface area contributed by atoms with E-state index in [0.29, 0.717) is 22.9 Å². The molecule has 38 heavy (non-hydrogen) atoms. The van der Waals surface area contributed by atoms with Gasteiger partial charge >= 0.3 is 5.97 Å². The number of hydrogen-bond acceptors (Lipinski definition) is 5. The van der Waals surface area contributed by atoms with Crippen LogP contribution in [0.15, 0.2) is 60.3 Å². The molecule has 0 aliphatic heterocycles. The predicted molar refractivity (Wildman–Crippen MR) is 148 cm³/mol. The summed E-state index contributed by atoms with van der Waals surface area (Å²) in [6, 6.07) is 13.3. The average Bonchev–Trinajstić information content (AvgIpc) is 3.42. The second kappa shape index (κ2) is 9.31. The number of aromatic hydroxyl groups is 1. The van der Waals surface area contributed by atoms with Crippen LogP contribution in [0.2, 0.25) is 0 Å². The summed E-state index contributed by atoms with van der Waals surface area (Å²) in [5, 5.41) is 32.4. The van der Waals surface area contributed by atoms with Gasteiger partial charge in [0.05, 0.1) is 12.2 Å². The van der Waals surface area contributed by atoms with Crippen molar-refractivity contribution in [3.63, 3.8) is 0 Å². The Morgan fingerprint density at radius 3 is 2.55 bits per heavy atom. The quantitative estimate of drug-likeness (QED) is 0.119. The Hall–Kier alpha value is -4.14. The van der Waals surface area contributed by atoms with E-state index in [1.54, 1.807) is 6.20 Å². The maximum atomic E-state index is 13.8. The lowest BCUT2D eigenvalue weighted by Crippen LogP contribution is -1.98. The van der Waals surface area contributed by atoms with Gasteiger partial charge in [0.2, 0.25) is 5.78 Å². The van der Waals surface area contributed by atoms with Gasteiger partial charge in [-0.15, -0.1) is 11.3 Å². The lowest BCUT2D eigenvalue weighted by Gasteiger charge is -2.06. The van der Waals surface area contributed by atoms with Gasteiger partial charge in [-0.25, -0.2) is 4.79 Å². The van der Waals surface area contributed by atoms with E-state index < -0.39 is 11.8 Å². The molecule has 0 bridgehead atoms. The number of rotatable bonds is 8. The third-order valence-electron chi connectivity index (χ3n) is 7.22. The molecule has 0 spiro atoms. The van der Waals surface area contributed by atoms with Crippen LogP contribution in [-0.4, -0.2) is 43.6 Å². The van der Waals surface area contributed by atoms with E-state index in [1.165, 1.54) is 0 Å². The van der Waals surface area contributed by atoms with Crippen LogP contribution in [-0.2, 0) is 6.42 Å². The Bertz CT molecular complexity index is 1770. The maximum Gasteiger partial charge on any atom is 0.346 e. The van der Waals surface area contributed by atoms with Gasteiger partial charge in [0.15, 0.2) is 0 Å². The van der Waals surface area contributed by atoms with Gasteiger partial charge in [0, 0.05) is 44.8 Å². The third kappa shape index (κ3) is 3.93. The Balaban J connectivity index is 1.49. The molecule has 5 aromatic rings. The summed E-state index contributed by atoms with van der Waals surface area (Å²) in [6.07, 6.45) is 6.11. The molecule has 1 aliphatic carbocycles. The number of allylic oxidation sites excluding steroid dienone is 1. The summed E-state index contributed by atoms with van der Waals surface area (Å²) < 4.78 is 0. The van der Waals surface area contributed by atoms with Crippen molar-refractivity contribution < 1.29 is 24.9 Å². The van der Waals surface area contributed by atoms with E-state index in [-0.39, 0.29) is 33.6 Å². The Kier molecular flexibility index (Phi) is 5.93. The summed E-state index contributed by atoms with van der Waals surface area (Å²) in [5.74, 6) is -1.64. The van der Waals surface area contributed by atoms with Crippen LogP contribution in [0.5, 0.6) is 5.75 Å². The monoisotopic (exact) mass is 526 g/mol. The highest BCUT2D eigenvalue weighted by Gasteiger charge is 2.35. The fraction of sp³-hybridized carbons (Fsp3) is 0.200. The third-order valence-corrected chi connectivity index (χ3v) is 8.39. The average molecular weight is 527 g/mol. The van der Waals surface area contributed by atoms with Gasteiger partial charge in [-0.3, -0.25) is 4.79 Å². The minimum Gasteiger partial charge on any atom is -0.506 e. The fourth-order valence-corrected chi connectivity index (χ4v) is 6.11. The molecule has 0 saturated heterocycles. The van der Waals surface area contributed by atoms with E-state index in [2.05, 4.69) is 9.97 Å². The van der Waals surface area contributed by atoms with E-state index in [9.17, 15) is 24.9 Å². The zero-order chi connectivity index (χ0) is 26.6. The zero-order valence-electron chi connectivity index (χ0n) is 20.7. The summed E-state index contributed by atoms with van der Waals surface area (Å²) in [5.41, 5.74) is 5.62. The van der Waals surface area contributed by atoms with Crippen molar-refractivity contribution in [1.29, 1.82) is 0 Å². The van der Waals surface area contributed by atoms with Crippen LogP contribution in [0.4, 0.5) is 0 Å². The van der Waals surface area contributed by atoms with Gasteiger partial charge in [0.1, 0.15) is 15.5 Å². The number of H-pyrrole nitrogens is 2. The summed E-state index contributed by atoms with van der Waals surface area (Å²) in [6.45, 7) is 1.83. The number of aliphatic hydroxyl groups is 1. The molecule has 0 atom stereocenters. The first-order chi connectivity index (χ1) is 18.4. The molecule has 8 heteroatoms. The number of aromatic amines is 2. The van der Waals surface area contributed by atoms with Crippen LogP contribution in [0, 0.1) is 0 Å². The smallest absolute Gasteiger partial charge is 0.346 e. The van der Waals surface area contributed by atoms with E-state index in [0.717, 1.165) is 57.4 Å². The van der Waals surface area contributed by atoms with Gasteiger partial charge in [-0.2, -0.15) is 0 Å². The molecule has 0 amide bonds. The van der Waals surface area contributed by atoms with Crippen molar-refractivity contribution in [3.8, 4) is 16.9 Å². The van der Waals surface area contributed by atoms with Gasteiger partial charge < -0.3 is 25.3 Å². The second-order valence-electron chi connectivity index (χ2n) is 9.81. The van der Waals surface area contributed by atoms with Gasteiger partial charge in [0.25, 0.3) is 0 Å². The molecule has 1 fully saturated rings. The van der Waals surface area contributed by atoms with Gasteiger partial charge in [-0.1, -0.05) is 48.0 Å². The lowest BCUT2D eigenvalue weighted by molar-refractivity contribution is 0.0702. The number of carboxylic acids is 1. The lowest BCUT2D eigenvalue weighted by atomic mass is 9.97. The zero-order valence-corrected chi connectivity index (χ0v) is 21.5. The molecule has 2 aromatic carbocycles. The van der Waals surface area contributed by atoms with Crippen molar-refractivity contribution in [2.75, 3.05) is 6.61 Å². The van der Waals surface area contributed by atoms with Crippen molar-refractivity contribution >= 4 is 44.9 Å². The fourth-order valence-electron chi connectivity index (χ4n) is 5.12. The first-order valence-corrected chi connectivity index (χ1v) is 13.3. The van der Waals surface area contributed by atoms with E-state index in [1.807, 2.05) is 55.5 Å². The normalized spacial score (nSPS) is 14.0. The second-order valence-corrected chi connectivity index (χ2v) is 10.8. The molecule has 5 N–H and O–H groups in total. The molecular weight excluding hydrogens is 500 g/mol. The number of nitrogens with one attached hydrogen (secondary N) is 2. The Morgan fingerprint density at radius 2 is 1.82 bits per heavy atom. The molecule has 3 aromatic heterocycles. The largest absolute Gasteiger partial charge is 0.506 e. The first-order valence-electron chi connectivity index (χ1n) is 12.5. The highest BCUT2D eigenvalue weighted by atomic mass is 32.1. The number of carbonyl (C=O) groups is 2. The number of aromatic carboxylic acids is 1. The molecule has 1 saturated carbocycles. The molecule has 3 heterocycles. The highest BCUT2D eigenvalue weighted by Crippen LogP contribution is 2.52. The van der Waals surface area contributed by atoms with E-state index in [4.69, 9.17) is 0 Å². The molecule has 7 nitrogen and oxygen atoms in total.